The number of aromatic nitrogens is 3. The molecule has 0 saturated carbocycles. The molecule has 0 bridgehead atoms. The number of amides is 1. The first-order valence-corrected chi connectivity index (χ1v) is 7.62. The maximum Gasteiger partial charge on any atom is 0.290 e. The third-order valence-electron chi connectivity index (χ3n) is 2.94. The van der Waals surface area contributed by atoms with Gasteiger partial charge in [-0.1, -0.05) is 12.1 Å². The lowest BCUT2D eigenvalue weighted by molar-refractivity contribution is 0.0945. The number of benzene rings is 1. The van der Waals surface area contributed by atoms with E-state index in [4.69, 9.17) is 0 Å². The maximum absolute atomic E-state index is 13.5. The summed E-state index contributed by atoms with van der Waals surface area (Å²) in [5.74, 6) is -0.142. The molecule has 3 rings (SSSR count). The number of carbonyl (C=O) groups is 1. The lowest BCUT2D eigenvalue weighted by Crippen LogP contribution is -2.24. The number of rotatable bonds is 4. The largest absolute Gasteiger partial charge is 0.350 e. The van der Waals surface area contributed by atoms with Crippen molar-refractivity contribution in [3.8, 4) is 16.4 Å². The molecule has 2 aromatic heterocycles. The van der Waals surface area contributed by atoms with Crippen LogP contribution < -0.4 is 5.32 Å². The fourth-order valence-corrected chi connectivity index (χ4v) is 2.70. The van der Waals surface area contributed by atoms with Crippen molar-refractivity contribution in [2.24, 2.45) is 0 Å². The van der Waals surface area contributed by atoms with E-state index in [1.807, 2.05) is 24.4 Å². The zero-order chi connectivity index (χ0) is 15.5. The van der Waals surface area contributed by atoms with E-state index in [9.17, 15) is 9.18 Å². The van der Waals surface area contributed by atoms with Crippen LogP contribution in [0.5, 0.6) is 0 Å². The predicted octanol–water partition coefficient (Wildman–Crippen LogP) is 2.88. The molecule has 1 N–H and O–H groups in total. The first kappa shape index (κ1) is 14.4. The van der Waals surface area contributed by atoms with Gasteiger partial charge in [0, 0.05) is 6.54 Å². The highest BCUT2D eigenvalue weighted by molar-refractivity contribution is 7.13. The molecule has 0 saturated heterocycles. The number of halogens is 1. The monoisotopic (exact) mass is 316 g/mol. The second-order valence-corrected chi connectivity index (χ2v) is 5.44. The zero-order valence-corrected chi connectivity index (χ0v) is 12.6. The number of hydrogen-bond acceptors (Lipinski definition) is 4. The van der Waals surface area contributed by atoms with Crippen LogP contribution in [-0.2, 0) is 0 Å². The Morgan fingerprint density at radius 1 is 1.36 bits per heavy atom. The first-order valence-electron chi connectivity index (χ1n) is 6.74. The SMILES string of the molecule is CCNC(=O)c1nc(-c2cccs2)n(-c2cccc(F)c2)n1. The van der Waals surface area contributed by atoms with Gasteiger partial charge in [-0.25, -0.2) is 14.1 Å². The molecule has 3 aromatic rings. The molecule has 2 heterocycles. The summed E-state index contributed by atoms with van der Waals surface area (Å²) in [4.78, 5) is 17.1. The minimum Gasteiger partial charge on any atom is -0.350 e. The van der Waals surface area contributed by atoms with Crippen molar-refractivity contribution in [3.05, 3.63) is 53.4 Å². The fraction of sp³-hybridized carbons (Fsp3) is 0.133. The Kier molecular flexibility index (Phi) is 3.97. The van der Waals surface area contributed by atoms with Gasteiger partial charge in [-0.3, -0.25) is 4.79 Å². The standard InChI is InChI=1S/C15H13FN4OS/c1-2-17-15(21)13-18-14(12-7-4-8-22-12)20(19-13)11-6-3-5-10(16)9-11/h3-9H,2H2,1H3,(H,17,21). The lowest BCUT2D eigenvalue weighted by Gasteiger charge is -2.04. The van der Waals surface area contributed by atoms with Gasteiger partial charge in [-0.2, -0.15) is 0 Å². The molecule has 0 fully saturated rings. The van der Waals surface area contributed by atoms with E-state index in [1.54, 1.807) is 12.1 Å². The van der Waals surface area contributed by atoms with E-state index >= 15 is 0 Å². The molecule has 1 aromatic carbocycles. The number of carbonyl (C=O) groups excluding carboxylic acids is 1. The zero-order valence-electron chi connectivity index (χ0n) is 11.8. The quantitative estimate of drug-likeness (QED) is 0.805. The van der Waals surface area contributed by atoms with Crippen LogP contribution in [0.25, 0.3) is 16.4 Å². The molecule has 112 valence electrons. The van der Waals surface area contributed by atoms with Gasteiger partial charge in [-0.05, 0) is 36.6 Å². The third kappa shape index (κ3) is 2.75. The van der Waals surface area contributed by atoms with E-state index in [1.165, 1.54) is 28.2 Å². The van der Waals surface area contributed by atoms with Gasteiger partial charge in [-0.15, -0.1) is 16.4 Å². The van der Waals surface area contributed by atoms with Crippen molar-refractivity contribution in [1.29, 1.82) is 0 Å². The summed E-state index contributed by atoms with van der Waals surface area (Å²) in [5.41, 5.74) is 0.520. The lowest BCUT2D eigenvalue weighted by atomic mass is 10.3. The number of nitrogens with zero attached hydrogens (tertiary/aromatic N) is 3. The topological polar surface area (TPSA) is 59.8 Å². The fourth-order valence-electron chi connectivity index (χ4n) is 2.00. The summed E-state index contributed by atoms with van der Waals surface area (Å²) in [6.07, 6.45) is 0. The van der Waals surface area contributed by atoms with Crippen molar-refractivity contribution >= 4 is 17.2 Å². The summed E-state index contributed by atoms with van der Waals surface area (Å²) in [5, 5.41) is 8.80. The van der Waals surface area contributed by atoms with Crippen LogP contribution >= 0.6 is 11.3 Å². The van der Waals surface area contributed by atoms with Crippen molar-refractivity contribution in [1.82, 2.24) is 20.1 Å². The van der Waals surface area contributed by atoms with Crippen LogP contribution in [-0.4, -0.2) is 27.2 Å². The molecule has 0 radical (unpaired) electrons. The molecule has 0 spiro atoms. The summed E-state index contributed by atoms with van der Waals surface area (Å²) >= 11 is 1.48. The van der Waals surface area contributed by atoms with Crippen molar-refractivity contribution in [2.45, 2.75) is 6.92 Å². The number of nitrogens with one attached hydrogen (secondary N) is 1. The van der Waals surface area contributed by atoms with Gasteiger partial charge in [0.05, 0.1) is 10.6 Å². The van der Waals surface area contributed by atoms with E-state index in [0.717, 1.165) is 4.88 Å². The van der Waals surface area contributed by atoms with Gasteiger partial charge >= 0.3 is 0 Å². The smallest absolute Gasteiger partial charge is 0.290 e. The molecule has 0 unspecified atom stereocenters. The Morgan fingerprint density at radius 2 is 2.23 bits per heavy atom. The molecule has 0 aliphatic heterocycles. The van der Waals surface area contributed by atoms with Crippen LogP contribution in [0.15, 0.2) is 41.8 Å². The predicted molar refractivity (Wildman–Crippen MR) is 82.6 cm³/mol. The average Bonchev–Trinajstić information content (AvgIpc) is 3.17. The van der Waals surface area contributed by atoms with E-state index in [2.05, 4.69) is 15.4 Å². The summed E-state index contributed by atoms with van der Waals surface area (Å²) in [6, 6.07) is 9.79. The number of hydrogen-bond donors (Lipinski definition) is 1. The van der Waals surface area contributed by atoms with Gasteiger partial charge in [0.2, 0.25) is 5.82 Å². The Morgan fingerprint density at radius 3 is 2.91 bits per heavy atom. The summed E-state index contributed by atoms with van der Waals surface area (Å²) in [7, 11) is 0. The van der Waals surface area contributed by atoms with Gasteiger partial charge in [0.15, 0.2) is 5.82 Å². The highest BCUT2D eigenvalue weighted by Crippen LogP contribution is 2.25. The molecule has 0 aliphatic carbocycles. The third-order valence-corrected chi connectivity index (χ3v) is 3.81. The Bertz CT molecular complexity index is 798. The Hall–Kier alpha value is -2.54. The minimum absolute atomic E-state index is 0.0644. The highest BCUT2D eigenvalue weighted by Gasteiger charge is 2.19. The van der Waals surface area contributed by atoms with E-state index in [0.29, 0.717) is 18.1 Å². The molecule has 22 heavy (non-hydrogen) atoms. The first-order chi connectivity index (χ1) is 10.7. The maximum atomic E-state index is 13.5. The van der Waals surface area contributed by atoms with Crippen LogP contribution in [0.3, 0.4) is 0 Å². The number of thiophene rings is 1. The van der Waals surface area contributed by atoms with Crippen LogP contribution in [0.1, 0.15) is 17.5 Å². The summed E-state index contributed by atoms with van der Waals surface area (Å²) < 4.78 is 15.0. The van der Waals surface area contributed by atoms with Crippen LogP contribution in [0, 0.1) is 5.82 Å². The second-order valence-electron chi connectivity index (χ2n) is 4.49. The molecule has 1 amide bonds. The van der Waals surface area contributed by atoms with Gasteiger partial charge in [0.1, 0.15) is 5.82 Å². The van der Waals surface area contributed by atoms with E-state index < -0.39 is 0 Å². The molecular formula is C15H13FN4OS. The van der Waals surface area contributed by atoms with Gasteiger partial charge in [0.25, 0.3) is 5.91 Å². The minimum atomic E-state index is -0.371. The van der Waals surface area contributed by atoms with E-state index in [-0.39, 0.29) is 17.5 Å². The Labute approximate surface area is 130 Å². The van der Waals surface area contributed by atoms with Crippen molar-refractivity contribution in [2.75, 3.05) is 6.54 Å². The van der Waals surface area contributed by atoms with Crippen molar-refractivity contribution in [3.63, 3.8) is 0 Å². The Balaban J connectivity index is 2.13. The highest BCUT2D eigenvalue weighted by atomic mass is 32.1. The molecule has 0 aliphatic rings. The second kappa shape index (κ2) is 6.07. The van der Waals surface area contributed by atoms with Gasteiger partial charge < -0.3 is 5.32 Å². The molecule has 7 heteroatoms. The van der Waals surface area contributed by atoms with Crippen molar-refractivity contribution < 1.29 is 9.18 Å². The van der Waals surface area contributed by atoms with Crippen LogP contribution in [0.2, 0.25) is 0 Å². The normalized spacial score (nSPS) is 10.6. The van der Waals surface area contributed by atoms with Crippen LogP contribution in [0.4, 0.5) is 4.39 Å². The molecule has 5 nitrogen and oxygen atoms in total. The average molecular weight is 316 g/mol. The molecular weight excluding hydrogens is 303 g/mol. The molecule has 0 atom stereocenters. The summed E-state index contributed by atoms with van der Waals surface area (Å²) in [6.45, 7) is 2.31.